The minimum Gasteiger partial charge on any atom is -0.355 e. The fourth-order valence-corrected chi connectivity index (χ4v) is 0.773. The summed E-state index contributed by atoms with van der Waals surface area (Å²) in [6.07, 6.45) is 0. The Morgan fingerprint density at radius 1 is 1.83 bits per heavy atom. The number of ether oxygens (including phenoxy) is 1. The number of nitrogens with zero attached hydrogens (tertiary/aromatic N) is 1. The highest BCUT2D eigenvalue weighted by atomic mass is 35.5. The van der Waals surface area contributed by atoms with Crippen molar-refractivity contribution < 1.29 is 9.53 Å². The molecule has 0 saturated heterocycles. The first-order valence-electron chi connectivity index (χ1n) is 3.38. The third-order valence-corrected chi connectivity index (χ3v) is 1.83. The van der Waals surface area contributed by atoms with Gasteiger partial charge in [0.05, 0.1) is 12.1 Å². The van der Waals surface area contributed by atoms with Gasteiger partial charge in [0.15, 0.2) is 5.72 Å². The van der Waals surface area contributed by atoms with Crippen LogP contribution in [0.5, 0.6) is 0 Å². The van der Waals surface area contributed by atoms with E-state index in [0.29, 0.717) is 0 Å². The van der Waals surface area contributed by atoms with E-state index in [-0.39, 0.29) is 0 Å². The van der Waals surface area contributed by atoms with E-state index in [1.165, 1.54) is 14.0 Å². The SMILES string of the molecule is COC(C)(NC(C)C#N)C(=O)Cl. The van der Waals surface area contributed by atoms with Crippen LogP contribution < -0.4 is 5.32 Å². The second-order valence-corrected chi connectivity index (χ2v) is 2.85. The number of halogens is 1. The topological polar surface area (TPSA) is 62.1 Å². The summed E-state index contributed by atoms with van der Waals surface area (Å²) in [6, 6.07) is 1.42. The molecule has 12 heavy (non-hydrogen) atoms. The van der Waals surface area contributed by atoms with Gasteiger partial charge in [0, 0.05) is 7.11 Å². The Morgan fingerprint density at radius 3 is 2.58 bits per heavy atom. The van der Waals surface area contributed by atoms with Crippen LogP contribution in [0.2, 0.25) is 0 Å². The second kappa shape index (κ2) is 4.41. The van der Waals surface area contributed by atoms with E-state index in [2.05, 4.69) is 5.32 Å². The number of nitriles is 1. The molecule has 2 atom stereocenters. The first-order chi connectivity index (χ1) is 5.46. The van der Waals surface area contributed by atoms with Crippen molar-refractivity contribution in [2.75, 3.05) is 7.11 Å². The van der Waals surface area contributed by atoms with Crippen molar-refractivity contribution in [2.45, 2.75) is 25.6 Å². The molecule has 0 bridgehead atoms. The molecule has 0 aromatic rings. The number of carbonyl (C=O) groups is 1. The van der Waals surface area contributed by atoms with Gasteiger partial charge in [0.2, 0.25) is 0 Å². The van der Waals surface area contributed by atoms with Crippen LogP contribution in [0.1, 0.15) is 13.8 Å². The molecule has 0 saturated carbocycles. The third-order valence-electron chi connectivity index (χ3n) is 1.47. The quantitative estimate of drug-likeness (QED) is 0.522. The Labute approximate surface area is 76.4 Å². The summed E-state index contributed by atoms with van der Waals surface area (Å²) in [5.41, 5.74) is -1.28. The normalized spacial score (nSPS) is 17.6. The average molecular weight is 191 g/mol. The maximum Gasteiger partial charge on any atom is 0.268 e. The van der Waals surface area contributed by atoms with Gasteiger partial charge in [0.25, 0.3) is 5.24 Å². The number of rotatable bonds is 4. The van der Waals surface area contributed by atoms with E-state index in [1.54, 1.807) is 6.92 Å². The van der Waals surface area contributed by atoms with Gasteiger partial charge >= 0.3 is 0 Å². The minimum absolute atomic E-state index is 0.488. The fraction of sp³-hybridized carbons (Fsp3) is 0.714. The van der Waals surface area contributed by atoms with Crippen molar-refractivity contribution in [1.29, 1.82) is 5.26 Å². The number of carbonyl (C=O) groups excluding carboxylic acids is 1. The van der Waals surface area contributed by atoms with Crippen molar-refractivity contribution in [1.82, 2.24) is 5.32 Å². The predicted molar refractivity (Wildman–Crippen MR) is 44.5 cm³/mol. The van der Waals surface area contributed by atoms with Gasteiger partial charge in [-0.25, -0.2) is 0 Å². The van der Waals surface area contributed by atoms with Crippen LogP contribution in [0.3, 0.4) is 0 Å². The lowest BCUT2D eigenvalue weighted by atomic mass is 10.2. The van der Waals surface area contributed by atoms with E-state index in [1.807, 2.05) is 6.07 Å². The van der Waals surface area contributed by atoms with E-state index in [4.69, 9.17) is 21.6 Å². The maximum atomic E-state index is 10.8. The number of nitrogens with one attached hydrogen (secondary N) is 1. The van der Waals surface area contributed by atoms with E-state index in [0.717, 1.165) is 0 Å². The molecule has 0 aliphatic heterocycles. The van der Waals surface area contributed by atoms with E-state index in [9.17, 15) is 4.79 Å². The minimum atomic E-state index is -1.28. The Kier molecular flexibility index (Phi) is 4.18. The van der Waals surface area contributed by atoms with Crippen LogP contribution in [-0.4, -0.2) is 24.1 Å². The van der Waals surface area contributed by atoms with Crippen molar-refractivity contribution in [2.24, 2.45) is 0 Å². The van der Waals surface area contributed by atoms with Crippen LogP contribution in [0.25, 0.3) is 0 Å². The average Bonchev–Trinajstić information content (AvgIpc) is 2.03. The lowest BCUT2D eigenvalue weighted by Crippen LogP contribution is -2.52. The van der Waals surface area contributed by atoms with Crippen LogP contribution in [0, 0.1) is 11.3 Å². The van der Waals surface area contributed by atoms with Crippen LogP contribution in [0.15, 0.2) is 0 Å². The van der Waals surface area contributed by atoms with Crippen molar-refractivity contribution in [3.8, 4) is 6.07 Å². The van der Waals surface area contributed by atoms with Gasteiger partial charge in [0.1, 0.15) is 0 Å². The zero-order chi connectivity index (χ0) is 9.78. The molecular formula is C7H11ClN2O2. The molecule has 0 aromatic heterocycles. The molecule has 0 aliphatic carbocycles. The lowest BCUT2D eigenvalue weighted by Gasteiger charge is -2.26. The van der Waals surface area contributed by atoms with Crippen LogP contribution in [0.4, 0.5) is 0 Å². The largest absolute Gasteiger partial charge is 0.355 e. The standard InChI is InChI=1S/C7H11ClN2O2/c1-5(4-9)10-7(2,12-3)6(8)11/h5,10H,1-3H3. The zero-order valence-electron chi connectivity index (χ0n) is 7.22. The Bertz CT molecular complexity index is 214. The smallest absolute Gasteiger partial charge is 0.268 e. The molecule has 0 aromatic carbocycles. The highest BCUT2D eigenvalue weighted by Gasteiger charge is 2.32. The first kappa shape index (κ1) is 11.4. The van der Waals surface area contributed by atoms with Crippen molar-refractivity contribution in [3.63, 3.8) is 0 Å². The molecule has 0 rings (SSSR count). The van der Waals surface area contributed by atoms with Gasteiger partial charge in [-0.15, -0.1) is 0 Å². The second-order valence-electron chi connectivity index (χ2n) is 2.51. The number of hydrogen-bond donors (Lipinski definition) is 1. The Morgan fingerprint density at radius 2 is 2.33 bits per heavy atom. The van der Waals surface area contributed by atoms with Crippen molar-refractivity contribution >= 4 is 16.8 Å². The molecule has 0 fully saturated rings. The summed E-state index contributed by atoms with van der Waals surface area (Å²) >= 11 is 5.25. The number of methoxy groups -OCH3 is 1. The summed E-state index contributed by atoms with van der Waals surface area (Å²) in [4.78, 5) is 10.8. The van der Waals surface area contributed by atoms with Gasteiger partial charge < -0.3 is 4.74 Å². The molecule has 5 heteroatoms. The van der Waals surface area contributed by atoms with Crippen molar-refractivity contribution in [3.05, 3.63) is 0 Å². The monoisotopic (exact) mass is 190 g/mol. The summed E-state index contributed by atoms with van der Waals surface area (Å²) < 4.78 is 4.83. The van der Waals surface area contributed by atoms with Gasteiger partial charge in [-0.2, -0.15) is 5.26 Å². The molecule has 68 valence electrons. The van der Waals surface area contributed by atoms with Gasteiger partial charge in [-0.05, 0) is 25.4 Å². The number of hydrogen-bond acceptors (Lipinski definition) is 4. The van der Waals surface area contributed by atoms with Gasteiger partial charge in [-0.1, -0.05) is 0 Å². The Balaban J connectivity index is 4.36. The van der Waals surface area contributed by atoms with E-state index >= 15 is 0 Å². The van der Waals surface area contributed by atoms with Crippen LogP contribution >= 0.6 is 11.6 Å². The maximum absolute atomic E-state index is 10.8. The summed E-state index contributed by atoms with van der Waals surface area (Å²) in [5, 5.41) is 10.4. The first-order valence-corrected chi connectivity index (χ1v) is 3.76. The van der Waals surface area contributed by atoms with Gasteiger partial charge in [-0.3, -0.25) is 10.1 Å². The molecular weight excluding hydrogens is 180 g/mol. The molecule has 4 nitrogen and oxygen atoms in total. The van der Waals surface area contributed by atoms with Crippen LogP contribution in [-0.2, 0) is 9.53 Å². The van der Waals surface area contributed by atoms with E-state index < -0.39 is 17.0 Å². The highest BCUT2D eigenvalue weighted by Crippen LogP contribution is 2.09. The predicted octanol–water partition coefficient (Wildman–Crippen LogP) is 0.616. The molecule has 0 aliphatic rings. The zero-order valence-corrected chi connectivity index (χ0v) is 7.97. The molecule has 0 spiro atoms. The molecule has 1 N–H and O–H groups in total. The molecule has 2 unspecified atom stereocenters. The molecule has 0 heterocycles. The molecule has 0 radical (unpaired) electrons. The third kappa shape index (κ3) is 2.78. The highest BCUT2D eigenvalue weighted by molar-refractivity contribution is 6.65. The summed E-state index contributed by atoms with van der Waals surface area (Å²) in [6.45, 7) is 3.08. The lowest BCUT2D eigenvalue weighted by molar-refractivity contribution is -0.134. The summed E-state index contributed by atoms with van der Waals surface area (Å²) in [7, 11) is 1.34. The molecule has 0 amide bonds. The fourth-order valence-electron chi connectivity index (χ4n) is 0.641. The summed E-state index contributed by atoms with van der Waals surface area (Å²) in [5.74, 6) is 0. The Hall–Kier alpha value is -0.630.